The van der Waals surface area contributed by atoms with Crippen LogP contribution in [0.5, 0.6) is 0 Å². The Morgan fingerprint density at radius 2 is 1.80 bits per heavy atom. The first-order valence-corrected chi connectivity index (χ1v) is 8.26. The molecule has 0 spiro atoms. The van der Waals surface area contributed by atoms with Gasteiger partial charge in [0.05, 0.1) is 0 Å². The van der Waals surface area contributed by atoms with Crippen molar-refractivity contribution in [1.82, 2.24) is 9.80 Å². The number of piperidine rings is 1. The number of hydrogen-bond donors (Lipinski definition) is 0. The molecule has 2 nitrogen and oxygen atoms in total. The molecule has 20 heavy (non-hydrogen) atoms. The van der Waals surface area contributed by atoms with Crippen molar-refractivity contribution >= 4 is 0 Å². The first-order chi connectivity index (χ1) is 9.76. The van der Waals surface area contributed by atoms with Crippen LogP contribution in [0.3, 0.4) is 0 Å². The van der Waals surface area contributed by atoms with Gasteiger partial charge in [0, 0.05) is 19.1 Å². The molecule has 2 aliphatic rings. The average molecular weight is 272 g/mol. The summed E-state index contributed by atoms with van der Waals surface area (Å²) in [5.74, 6) is 0.927. The molecule has 2 heterocycles. The quantitative estimate of drug-likeness (QED) is 0.831. The second kappa shape index (κ2) is 6.28. The number of fused-ring (bicyclic) bond motifs is 1. The van der Waals surface area contributed by atoms with Gasteiger partial charge in [0.15, 0.2) is 0 Å². The highest BCUT2D eigenvalue weighted by molar-refractivity contribution is 5.22. The SMILES string of the molecule is CCc1ccc(CCN2CC[C@H]3CN(C)CC[C@@H]32)cc1. The van der Waals surface area contributed by atoms with E-state index in [-0.39, 0.29) is 0 Å². The van der Waals surface area contributed by atoms with Crippen molar-refractivity contribution in [3.05, 3.63) is 35.4 Å². The molecule has 2 atom stereocenters. The number of benzene rings is 1. The third-order valence-corrected chi connectivity index (χ3v) is 5.27. The molecule has 2 aliphatic heterocycles. The molecule has 2 fully saturated rings. The van der Waals surface area contributed by atoms with E-state index in [9.17, 15) is 0 Å². The lowest BCUT2D eigenvalue weighted by atomic mass is 9.93. The lowest BCUT2D eigenvalue weighted by Crippen LogP contribution is -2.44. The Morgan fingerprint density at radius 3 is 2.55 bits per heavy atom. The van der Waals surface area contributed by atoms with E-state index in [1.54, 1.807) is 0 Å². The predicted octanol–water partition coefficient (Wildman–Crippen LogP) is 2.82. The van der Waals surface area contributed by atoms with Gasteiger partial charge >= 0.3 is 0 Å². The summed E-state index contributed by atoms with van der Waals surface area (Å²) in [5, 5.41) is 0. The maximum absolute atomic E-state index is 2.76. The fourth-order valence-corrected chi connectivity index (χ4v) is 3.96. The maximum Gasteiger partial charge on any atom is 0.0148 e. The molecule has 3 rings (SSSR count). The average Bonchev–Trinajstić information content (AvgIpc) is 2.88. The van der Waals surface area contributed by atoms with Crippen LogP contribution in [0.2, 0.25) is 0 Å². The highest BCUT2D eigenvalue weighted by Crippen LogP contribution is 2.30. The molecule has 0 bridgehead atoms. The second-order valence-electron chi connectivity index (χ2n) is 6.62. The molecule has 0 aromatic heterocycles. The van der Waals surface area contributed by atoms with Crippen molar-refractivity contribution in [1.29, 1.82) is 0 Å². The zero-order valence-corrected chi connectivity index (χ0v) is 13.0. The maximum atomic E-state index is 2.76. The van der Waals surface area contributed by atoms with Gasteiger partial charge in [-0.1, -0.05) is 31.2 Å². The van der Waals surface area contributed by atoms with E-state index in [1.165, 1.54) is 56.6 Å². The topological polar surface area (TPSA) is 6.48 Å². The van der Waals surface area contributed by atoms with Gasteiger partial charge in [0.1, 0.15) is 0 Å². The van der Waals surface area contributed by atoms with E-state index in [0.717, 1.165) is 18.4 Å². The molecule has 0 radical (unpaired) electrons. The first-order valence-electron chi connectivity index (χ1n) is 8.26. The van der Waals surface area contributed by atoms with Gasteiger partial charge in [-0.2, -0.15) is 0 Å². The van der Waals surface area contributed by atoms with Gasteiger partial charge in [0.25, 0.3) is 0 Å². The minimum atomic E-state index is 0.862. The van der Waals surface area contributed by atoms with Gasteiger partial charge in [-0.25, -0.2) is 0 Å². The van der Waals surface area contributed by atoms with Crippen molar-refractivity contribution in [2.45, 2.75) is 38.6 Å². The number of aryl methyl sites for hydroxylation is 1. The molecule has 2 heteroatoms. The van der Waals surface area contributed by atoms with E-state index in [1.807, 2.05) is 0 Å². The van der Waals surface area contributed by atoms with Crippen LogP contribution in [-0.2, 0) is 12.8 Å². The van der Waals surface area contributed by atoms with Crippen LogP contribution in [0.15, 0.2) is 24.3 Å². The van der Waals surface area contributed by atoms with Crippen LogP contribution in [-0.4, -0.2) is 49.1 Å². The molecular formula is C18H28N2. The summed E-state index contributed by atoms with van der Waals surface area (Å²) in [7, 11) is 2.27. The van der Waals surface area contributed by atoms with E-state index in [4.69, 9.17) is 0 Å². The summed E-state index contributed by atoms with van der Waals surface area (Å²) in [6.07, 6.45) is 5.13. The number of nitrogens with zero attached hydrogens (tertiary/aromatic N) is 2. The van der Waals surface area contributed by atoms with Gasteiger partial charge < -0.3 is 4.90 Å². The Bertz CT molecular complexity index is 426. The predicted molar refractivity (Wildman–Crippen MR) is 85.1 cm³/mol. The van der Waals surface area contributed by atoms with E-state index < -0.39 is 0 Å². The number of likely N-dealkylation sites (tertiary alicyclic amines) is 2. The Labute approximate surface area is 123 Å². The van der Waals surface area contributed by atoms with Crippen LogP contribution in [0.1, 0.15) is 30.9 Å². The summed E-state index contributed by atoms with van der Waals surface area (Å²) in [4.78, 5) is 5.26. The molecular weight excluding hydrogens is 244 g/mol. The second-order valence-corrected chi connectivity index (χ2v) is 6.62. The summed E-state index contributed by atoms with van der Waals surface area (Å²) in [6, 6.07) is 10.1. The minimum Gasteiger partial charge on any atom is -0.306 e. The Morgan fingerprint density at radius 1 is 1.05 bits per heavy atom. The highest BCUT2D eigenvalue weighted by atomic mass is 15.2. The molecule has 1 aromatic carbocycles. The van der Waals surface area contributed by atoms with Gasteiger partial charge in [-0.05, 0) is 62.9 Å². The first kappa shape index (κ1) is 14.1. The van der Waals surface area contributed by atoms with Crippen LogP contribution in [0.25, 0.3) is 0 Å². The standard InChI is InChI=1S/C18H28N2/c1-3-15-4-6-16(7-5-15)8-12-20-13-9-17-14-19(2)11-10-18(17)20/h4-7,17-18H,3,8-14H2,1-2H3/t17-,18-/m0/s1. The van der Waals surface area contributed by atoms with E-state index in [0.29, 0.717) is 0 Å². The van der Waals surface area contributed by atoms with Crippen molar-refractivity contribution in [3.8, 4) is 0 Å². The molecule has 110 valence electrons. The van der Waals surface area contributed by atoms with Crippen LogP contribution in [0.4, 0.5) is 0 Å². The lowest BCUT2D eigenvalue weighted by molar-refractivity contribution is 0.130. The van der Waals surface area contributed by atoms with Gasteiger partial charge in [0.2, 0.25) is 0 Å². The zero-order chi connectivity index (χ0) is 13.9. The summed E-state index contributed by atoms with van der Waals surface area (Å²) in [6.45, 7) is 7.38. The zero-order valence-electron chi connectivity index (χ0n) is 13.0. The Hall–Kier alpha value is -0.860. The lowest BCUT2D eigenvalue weighted by Gasteiger charge is -2.36. The van der Waals surface area contributed by atoms with E-state index >= 15 is 0 Å². The van der Waals surface area contributed by atoms with E-state index in [2.05, 4.69) is 48.0 Å². The van der Waals surface area contributed by atoms with Crippen LogP contribution < -0.4 is 0 Å². The minimum absolute atomic E-state index is 0.862. The van der Waals surface area contributed by atoms with Crippen molar-refractivity contribution in [2.24, 2.45) is 5.92 Å². The third kappa shape index (κ3) is 3.07. The normalized spacial score (nSPS) is 27.7. The molecule has 0 amide bonds. The van der Waals surface area contributed by atoms with Crippen molar-refractivity contribution in [3.63, 3.8) is 0 Å². The monoisotopic (exact) mass is 272 g/mol. The smallest absolute Gasteiger partial charge is 0.0148 e. The molecule has 0 saturated carbocycles. The molecule has 0 aliphatic carbocycles. The Balaban J connectivity index is 1.53. The molecule has 1 aromatic rings. The molecule has 0 unspecified atom stereocenters. The Kier molecular flexibility index (Phi) is 4.42. The van der Waals surface area contributed by atoms with Crippen LogP contribution >= 0.6 is 0 Å². The van der Waals surface area contributed by atoms with Gasteiger partial charge in [-0.3, -0.25) is 4.90 Å². The molecule has 0 N–H and O–H groups in total. The molecule has 2 saturated heterocycles. The summed E-state index contributed by atoms with van der Waals surface area (Å²) < 4.78 is 0. The van der Waals surface area contributed by atoms with Crippen molar-refractivity contribution < 1.29 is 0 Å². The summed E-state index contributed by atoms with van der Waals surface area (Å²) in [5.41, 5.74) is 2.95. The van der Waals surface area contributed by atoms with Crippen LogP contribution in [0, 0.1) is 5.92 Å². The van der Waals surface area contributed by atoms with Gasteiger partial charge in [-0.15, -0.1) is 0 Å². The van der Waals surface area contributed by atoms with Crippen molar-refractivity contribution in [2.75, 3.05) is 33.2 Å². The fraction of sp³-hybridized carbons (Fsp3) is 0.667. The number of rotatable bonds is 4. The summed E-state index contributed by atoms with van der Waals surface area (Å²) >= 11 is 0. The largest absolute Gasteiger partial charge is 0.306 e. The third-order valence-electron chi connectivity index (χ3n) is 5.27. The fourth-order valence-electron chi connectivity index (χ4n) is 3.96. The highest BCUT2D eigenvalue weighted by Gasteiger charge is 2.36. The number of hydrogen-bond acceptors (Lipinski definition) is 2.